The smallest absolute Gasteiger partial charge is 0.306 e. The van der Waals surface area contributed by atoms with Crippen molar-refractivity contribution in [3.8, 4) is 0 Å². The van der Waals surface area contributed by atoms with Crippen molar-refractivity contribution in [3.05, 3.63) is 18.7 Å². The Labute approximate surface area is 106 Å². The van der Waals surface area contributed by atoms with Gasteiger partial charge in [0.05, 0.1) is 19.4 Å². The van der Waals surface area contributed by atoms with Gasteiger partial charge in [-0.1, -0.05) is 0 Å². The summed E-state index contributed by atoms with van der Waals surface area (Å²) in [4.78, 5) is 26.3. The number of aryl methyl sites for hydroxylation is 1. The molecule has 0 spiro atoms. The second-order valence-electron chi connectivity index (χ2n) is 3.81. The predicted molar refractivity (Wildman–Crippen MR) is 65.7 cm³/mol. The van der Waals surface area contributed by atoms with E-state index in [-0.39, 0.29) is 24.7 Å². The third-order valence-electron chi connectivity index (χ3n) is 2.34. The molecule has 0 atom stereocenters. The average molecular weight is 253 g/mol. The summed E-state index contributed by atoms with van der Waals surface area (Å²) in [5.41, 5.74) is 0. The number of nitrogens with zero attached hydrogens (tertiary/aromatic N) is 2. The van der Waals surface area contributed by atoms with Crippen LogP contribution in [-0.4, -0.2) is 34.6 Å². The van der Waals surface area contributed by atoms with Crippen LogP contribution < -0.4 is 5.32 Å². The van der Waals surface area contributed by atoms with E-state index in [1.165, 1.54) is 0 Å². The molecule has 0 saturated carbocycles. The molecule has 0 fully saturated rings. The molecule has 6 heteroatoms. The van der Waals surface area contributed by atoms with Gasteiger partial charge in [-0.25, -0.2) is 4.98 Å². The Morgan fingerprint density at radius 3 is 2.89 bits per heavy atom. The first-order valence-electron chi connectivity index (χ1n) is 6.10. The van der Waals surface area contributed by atoms with Gasteiger partial charge in [-0.3, -0.25) is 9.59 Å². The molecule has 1 heterocycles. The van der Waals surface area contributed by atoms with Crippen LogP contribution in [0.1, 0.15) is 26.2 Å². The maximum Gasteiger partial charge on any atom is 0.306 e. The minimum atomic E-state index is -0.328. The van der Waals surface area contributed by atoms with E-state index in [1.807, 2.05) is 10.8 Å². The Morgan fingerprint density at radius 2 is 2.22 bits per heavy atom. The van der Waals surface area contributed by atoms with Crippen molar-refractivity contribution < 1.29 is 14.3 Å². The Bertz CT molecular complexity index is 363. The summed E-state index contributed by atoms with van der Waals surface area (Å²) in [6.45, 7) is 3.51. The third kappa shape index (κ3) is 6.03. The first kappa shape index (κ1) is 14.2. The molecular weight excluding hydrogens is 234 g/mol. The van der Waals surface area contributed by atoms with Crippen LogP contribution in [0.15, 0.2) is 18.7 Å². The largest absolute Gasteiger partial charge is 0.466 e. The summed E-state index contributed by atoms with van der Waals surface area (Å²) >= 11 is 0. The Kier molecular flexibility index (Phi) is 6.53. The van der Waals surface area contributed by atoms with Crippen LogP contribution in [0.25, 0.3) is 0 Å². The zero-order valence-corrected chi connectivity index (χ0v) is 10.6. The van der Waals surface area contributed by atoms with Crippen LogP contribution in [0.2, 0.25) is 0 Å². The molecule has 0 aliphatic carbocycles. The quantitative estimate of drug-likeness (QED) is 0.547. The molecule has 1 rings (SSSR count). The molecule has 0 bridgehead atoms. The van der Waals surface area contributed by atoms with Gasteiger partial charge in [0.1, 0.15) is 0 Å². The number of ether oxygens (including phenoxy) is 1. The molecule has 0 radical (unpaired) electrons. The molecule has 6 nitrogen and oxygen atoms in total. The van der Waals surface area contributed by atoms with Gasteiger partial charge in [-0.2, -0.15) is 0 Å². The molecule has 0 saturated heterocycles. The number of aromatic nitrogens is 2. The third-order valence-corrected chi connectivity index (χ3v) is 2.34. The number of rotatable bonds is 8. The number of amides is 1. The monoisotopic (exact) mass is 253 g/mol. The normalized spacial score (nSPS) is 10.1. The second kappa shape index (κ2) is 8.27. The summed E-state index contributed by atoms with van der Waals surface area (Å²) in [5, 5.41) is 2.76. The number of hydrogen-bond acceptors (Lipinski definition) is 4. The van der Waals surface area contributed by atoms with E-state index in [0.29, 0.717) is 13.2 Å². The van der Waals surface area contributed by atoms with Gasteiger partial charge in [-0.05, 0) is 13.3 Å². The number of carbonyl (C=O) groups is 2. The predicted octanol–water partition coefficient (Wildman–Crippen LogP) is 0.733. The lowest BCUT2D eigenvalue weighted by Gasteiger charge is -2.05. The van der Waals surface area contributed by atoms with Crippen LogP contribution in [0, 0.1) is 0 Å². The van der Waals surface area contributed by atoms with Gasteiger partial charge < -0.3 is 14.6 Å². The fourth-order valence-electron chi connectivity index (χ4n) is 1.45. The van der Waals surface area contributed by atoms with E-state index >= 15 is 0 Å². The summed E-state index contributed by atoms with van der Waals surface area (Å²) in [7, 11) is 0. The minimum absolute atomic E-state index is 0.117. The van der Waals surface area contributed by atoms with Crippen LogP contribution in [0.3, 0.4) is 0 Å². The number of nitrogens with one attached hydrogen (secondary N) is 1. The summed E-state index contributed by atoms with van der Waals surface area (Å²) < 4.78 is 6.69. The Hall–Kier alpha value is -1.85. The average Bonchev–Trinajstić information content (AvgIpc) is 2.85. The summed E-state index contributed by atoms with van der Waals surface area (Å²) in [5.74, 6) is -0.445. The highest BCUT2D eigenvalue weighted by Crippen LogP contribution is 1.94. The van der Waals surface area contributed by atoms with Crippen molar-refractivity contribution in [1.82, 2.24) is 14.9 Å². The fourth-order valence-corrected chi connectivity index (χ4v) is 1.45. The highest BCUT2D eigenvalue weighted by Gasteiger charge is 2.06. The van der Waals surface area contributed by atoms with E-state index in [1.54, 1.807) is 19.4 Å². The summed E-state index contributed by atoms with van der Waals surface area (Å²) in [6.07, 6.45) is 6.50. The lowest BCUT2D eigenvalue weighted by Crippen LogP contribution is -2.25. The van der Waals surface area contributed by atoms with Gasteiger partial charge in [-0.15, -0.1) is 0 Å². The maximum absolute atomic E-state index is 11.4. The van der Waals surface area contributed by atoms with Gasteiger partial charge in [0.2, 0.25) is 5.91 Å². The van der Waals surface area contributed by atoms with Crippen LogP contribution in [0.5, 0.6) is 0 Å². The van der Waals surface area contributed by atoms with Crippen molar-refractivity contribution >= 4 is 11.9 Å². The molecule has 1 aromatic rings. The molecule has 0 aliphatic rings. The molecule has 18 heavy (non-hydrogen) atoms. The van der Waals surface area contributed by atoms with E-state index in [2.05, 4.69) is 10.3 Å². The number of esters is 1. The standard InChI is InChI=1S/C12H19N3O3/c1-2-18-12(17)5-4-11(16)14-6-3-8-15-9-7-13-10-15/h7,9-10H,2-6,8H2,1H3,(H,14,16). The van der Waals surface area contributed by atoms with E-state index in [0.717, 1.165) is 13.0 Å². The fraction of sp³-hybridized carbons (Fsp3) is 0.583. The zero-order chi connectivity index (χ0) is 13.2. The van der Waals surface area contributed by atoms with E-state index in [4.69, 9.17) is 4.74 Å². The molecule has 1 amide bonds. The number of carbonyl (C=O) groups excluding carboxylic acids is 2. The van der Waals surface area contributed by atoms with Crippen molar-refractivity contribution in [3.63, 3.8) is 0 Å². The molecule has 0 aliphatic heterocycles. The minimum Gasteiger partial charge on any atom is -0.466 e. The lowest BCUT2D eigenvalue weighted by atomic mass is 10.3. The number of hydrogen-bond donors (Lipinski definition) is 1. The van der Waals surface area contributed by atoms with E-state index < -0.39 is 0 Å². The van der Waals surface area contributed by atoms with Gasteiger partial charge >= 0.3 is 5.97 Å². The first-order chi connectivity index (χ1) is 8.72. The van der Waals surface area contributed by atoms with Crippen LogP contribution in [-0.2, 0) is 20.9 Å². The highest BCUT2D eigenvalue weighted by atomic mass is 16.5. The van der Waals surface area contributed by atoms with Gasteiger partial charge in [0.25, 0.3) is 0 Å². The van der Waals surface area contributed by atoms with Crippen molar-refractivity contribution in [2.24, 2.45) is 0 Å². The maximum atomic E-state index is 11.4. The lowest BCUT2D eigenvalue weighted by molar-refractivity contribution is -0.144. The number of imidazole rings is 1. The molecular formula is C12H19N3O3. The molecule has 1 aromatic heterocycles. The van der Waals surface area contributed by atoms with Crippen molar-refractivity contribution in [2.75, 3.05) is 13.2 Å². The molecule has 100 valence electrons. The summed E-state index contributed by atoms with van der Waals surface area (Å²) in [6, 6.07) is 0. The molecule has 1 N–H and O–H groups in total. The van der Waals surface area contributed by atoms with E-state index in [9.17, 15) is 9.59 Å². The van der Waals surface area contributed by atoms with Crippen LogP contribution >= 0.6 is 0 Å². The topological polar surface area (TPSA) is 73.2 Å². The Balaban J connectivity index is 2.01. The zero-order valence-electron chi connectivity index (χ0n) is 10.6. The van der Waals surface area contributed by atoms with Gasteiger partial charge in [0, 0.05) is 31.9 Å². The first-order valence-corrected chi connectivity index (χ1v) is 6.10. The molecule has 0 aromatic carbocycles. The SMILES string of the molecule is CCOC(=O)CCC(=O)NCCCn1ccnc1. The Morgan fingerprint density at radius 1 is 1.39 bits per heavy atom. The van der Waals surface area contributed by atoms with Gasteiger partial charge in [0.15, 0.2) is 0 Å². The van der Waals surface area contributed by atoms with Crippen LogP contribution in [0.4, 0.5) is 0 Å². The highest BCUT2D eigenvalue weighted by molar-refractivity contribution is 5.81. The van der Waals surface area contributed by atoms with Crippen molar-refractivity contribution in [2.45, 2.75) is 32.7 Å². The van der Waals surface area contributed by atoms with Crippen molar-refractivity contribution in [1.29, 1.82) is 0 Å². The molecule has 0 unspecified atom stereocenters. The second-order valence-corrected chi connectivity index (χ2v) is 3.81.